The van der Waals surface area contributed by atoms with Crippen molar-refractivity contribution in [3.05, 3.63) is 0 Å². The smallest absolute Gasteiger partial charge is 0.202 e. The minimum Gasteiger partial charge on any atom is -0.394 e. The molecule has 0 aliphatic carbocycles. The maximum Gasteiger partial charge on any atom is 0.202 e. The summed E-state index contributed by atoms with van der Waals surface area (Å²) in [5.74, 6) is -2.57. The molecule has 1 rings (SSSR count). The van der Waals surface area contributed by atoms with Gasteiger partial charge in [0, 0.05) is 6.42 Å². The summed E-state index contributed by atoms with van der Waals surface area (Å²) in [5.41, 5.74) is 0. The summed E-state index contributed by atoms with van der Waals surface area (Å²) in [7, 11) is 0. The van der Waals surface area contributed by atoms with Crippen molar-refractivity contribution in [1.29, 1.82) is 0 Å². The Morgan fingerprint density at radius 1 is 0.889 bits per heavy atom. The molecule has 0 radical (unpaired) electrons. The molecule has 0 aromatic carbocycles. The number of Topliss-reactive ketones (excluding diaryl/α,β-unsaturated/α-hetero) is 1. The Balaban J connectivity index is 2.22. The van der Waals surface area contributed by atoms with E-state index in [0.717, 1.165) is 19.3 Å². The molecule has 5 atom stereocenters. The second-order valence-electron chi connectivity index (χ2n) is 7.76. The van der Waals surface area contributed by atoms with Crippen LogP contribution in [0.1, 0.15) is 84.0 Å². The van der Waals surface area contributed by atoms with Gasteiger partial charge in [0.15, 0.2) is 0 Å². The number of unbranched alkanes of at least 4 members (excludes halogenated alkanes) is 9. The van der Waals surface area contributed by atoms with Gasteiger partial charge in [0.2, 0.25) is 5.79 Å². The molecule has 0 unspecified atom stereocenters. The highest BCUT2D eigenvalue weighted by Gasteiger charge is 2.53. The minimum atomic E-state index is -2.29. The van der Waals surface area contributed by atoms with Gasteiger partial charge in [0.1, 0.15) is 30.2 Å². The normalized spacial score (nSPS) is 31.2. The van der Waals surface area contributed by atoms with Crippen LogP contribution in [0.4, 0.5) is 0 Å². The van der Waals surface area contributed by atoms with E-state index in [-0.39, 0.29) is 12.2 Å². The molecule has 7 heteroatoms. The summed E-state index contributed by atoms with van der Waals surface area (Å²) in [6.07, 6.45) is 5.03. The molecule has 7 nitrogen and oxygen atoms in total. The van der Waals surface area contributed by atoms with E-state index in [4.69, 9.17) is 9.84 Å². The monoisotopic (exact) mass is 390 g/mol. The molecular weight excluding hydrogens is 352 g/mol. The summed E-state index contributed by atoms with van der Waals surface area (Å²) in [6.45, 7) is 1.57. The topological polar surface area (TPSA) is 127 Å². The molecule has 1 fully saturated rings. The molecule has 0 spiro atoms. The number of aliphatic hydroxyl groups excluding tert-OH is 4. The van der Waals surface area contributed by atoms with Crippen LogP contribution in [-0.4, -0.2) is 68.1 Å². The minimum absolute atomic E-state index is 0.261. The van der Waals surface area contributed by atoms with E-state index in [1.165, 1.54) is 38.5 Å². The largest absolute Gasteiger partial charge is 0.394 e. The third kappa shape index (κ3) is 8.13. The molecule has 0 amide bonds. The Morgan fingerprint density at radius 2 is 1.41 bits per heavy atom. The summed E-state index contributed by atoms with van der Waals surface area (Å²) < 4.78 is 5.11. The maximum atomic E-state index is 12.1. The van der Waals surface area contributed by atoms with Gasteiger partial charge >= 0.3 is 0 Å². The predicted octanol–water partition coefficient (Wildman–Crippen LogP) is 1.42. The molecule has 0 aromatic heterocycles. The van der Waals surface area contributed by atoms with Crippen LogP contribution in [0.3, 0.4) is 0 Å². The third-order valence-electron chi connectivity index (χ3n) is 5.31. The fourth-order valence-corrected chi connectivity index (χ4v) is 3.55. The summed E-state index contributed by atoms with van der Waals surface area (Å²) in [4.78, 5) is 12.1. The molecule has 5 N–H and O–H groups in total. The van der Waals surface area contributed by atoms with Crippen LogP contribution in [0.15, 0.2) is 0 Å². The van der Waals surface area contributed by atoms with Crippen LogP contribution in [-0.2, 0) is 9.53 Å². The lowest BCUT2D eigenvalue weighted by Gasteiger charge is -2.45. The van der Waals surface area contributed by atoms with E-state index < -0.39 is 43.2 Å². The van der Waals surface area contributed by atoms with Gasteiger partial charge in [0.25, 0.3) is 0 Å². The first-order chi connectivity index (χ1) is 12.9. The van der Waals surface area contributed by atoms with Crippen LogP contribution in [0.25, 0.3) is 0 Å². The van der Waals surface area contributed by atoms with Crippen LogP contribution < -0.4 is 0 Å². The van der Waals surface area contributed by atoms with E-state index in [1.54, 1.807) is 0 Å². The molecule has 1 aliphatic rings. The second kappa shape index (κ2) is 12.8. The fourth-order valence-electron chi connectivity index (χ4n) is 3.55. The molecule has 0 bridgehead atoms. The zero-order chi connectivity index (χ0) is 20.3. The quantitative estimate of drug-likeness (QED) is 0.284. The zero-order valence-electron chi connectivity index (χ0n) is 16.6. The van der Waals surface area contributed by atoms with Crippen molar-refractivity contribution in [2.24, 2.45) is 0 Å². The first kappa shape index (κ1) is 24.5. The van der Waals surface area contributed by atoms with Crippen LogP contribution in [0, 0.1) is 0 Å². The van der Waals surface area contributed by atoms with Gasteiger partial charge in [-0.15, -0.1) is 0 Å². The van der Waals surface area contributed by atoms with E-state index in [9.17, 15) is 25.2 Å². The Labute approximate surface area is 162 Å². The van der Waals surface area contributed by atoms with Gasteiger partial charge in [0.05, 0.1) is 13.0 Å². The van der Waals surface area contributed by atoms with Crippen molar-refractivity contribution in [2.75, 3.05) is 6.61 Å². The van der Waals surface area contributed by atoms with Crippen LogP contribution in [0.5, 0.6) is 0 Å². The highest BCUT2D eigenvalue weighted by Crippen LogP contribution is 2.31. The lowest BCUT2D eigenvalue weighted by molar-refractivity contribution is -0.347. The molecule has 160 valence electrons. The lowest BCUT2D eigenvalue weighted by Crippen LogP contribution is -2.65. The van der Waals surface area contributed by atoms with Crippen molar-refractivity contribution in [1.82, 2.24) is 0 Å². The summed E-state index contributed by atoms with van der Waals surface area (Å²) >= 11 is 0. The van der Waals surface area contributed by atoms with E-state index in [0.29, 0.717) is 6.42 Å². The number of carbonyl (C=O) groups excluding carboxylic acids is 1. The first-order valence-corrected chi connectivity index (χ1v) is 10.4. The number of hydrogen-bond acceptors (Lipinski definition) is 7. The molecule has 1 aliphatic heterocycles. The Morgan fingerprint density at radius 3 is 1.93 bits per heavy atom. The van der Waals surface area contributed by atoms with E-state index in [2.05, 4.69) is 6.92 Å². The Bertz CT molecular complexity index is 415. The second-order valence-corrected chi connectivity index (χ2v) is 7.76. The fraction of sp³-hybridized carbons (Fsp3) is 0.950. The lowest BCUT2D eigenvalue weighted by atomic mass is 9.89. The van der Waals surface area contributed by atoms with Crippen LogP contribution >= 0.6 is 0 Å². The average Bonchev–Trinajstić information content (AvgIpc) is 2.64. The molecule has 1 heterocycles. The molecule has 1 saturated heterocycles. The zero-order valence-corrected chi connectivity index (χ0v) is 16.6. The van der Waals surface area contributed by atoms with Gasteiger partial charge in [-0.2, -0.15) is 0 Å². The number of ether oxygens (including phenoxy) is 1. The highest BCUT2D eigenvalue weighted by atomic mass is 16.7. The maximum absolute atomic E-state index is 12.1. The predicted molar refractivity (Wildman–Crippen MR) is 101 cm³/mol. The molecule has 0 saturated carbocycles. The molecule has 0 aromatic rings. The highest BCUT2D eigenvalue weighted by molar-refractivity contribution is 5.79. The van der Waals surface area contributed by atoms with E-state index >= 15 is 0 Å². The number of aliphatic hydroxyl groups is 5. The Kier molecular flexibility index (Phi) is 11.6. The summed E-state index contributed by atoms with van der Waals surface area (Å²) in [6, 6.07) is 0. The first-order valence-electron chi connectivity index (χ1n) is 10.4. The third-order valence-corrected chi connectivity index (χ3v) is 5.31. The molecule has 27 heavy (non-hydrogen) atoms. The standard InChI is InChI=1S/C20H38O7/c1-2-3-4-5-6-7-8-9-10-11-12-15(22)13-20(26)19(25)18(24)17(23)16(14-21)27-20/h16-19,21,23-26H,2-14H2,1H3/t16-,17-,18+,19+,20+/m1/s1. The number of hydrogen-bond donors (Lipinski definition) is 5. The average molecular weight is 391 g/mol. The van der Waals surface area contributed by atoms with Gasteiger partial charge in [-0.3, -0.25) is 4.79 Å². The number of ketones is 1. The van der Waals surface area contributed by atoms with Crippen molar-refractivity contribution in [2.45, 2.75) is 114 Å². The van der Waals surface area contributed by atoms with Crippen molar-refractivity contribution < 1.29 is 35.1 Å². The number of carbonyl (C=O) groups is 1. The molecular formula is C20H38O7. The Hall–Kier alpha value is -0.570. The van der Waals surface area contributed by atoms with Gasteiger partial charge in [-0.1, -0.05) is 64.7 Å². The van der Waals surface area contributed by atoms with Crippen molar-refractivity contribution >= 4 is 5.78 Å². The van der Waals surface area contributed by atoms with Gasteiger partial charge in [-0.05, 0) is 6.42 Å². The summed E-state index contributed by atoms with van der Waals surface area (Å²) in [5, 5.41) is 49.0. The van der Waals surface area contributed by atoms with E-state index in [1.807, 2.05) is 0 Å². The SMILES string of the molecule is CCCCCCCCCCCCC(=O)C[C@]1(O)O[C@H](CO)[C@@H](O)[C@H](O)[C@@H]1O. The van der Waals surface area contributed by atoms with Crippen molar-refractivity contribution in [3.63, 3.8) is 0 Å². The van der Waals surface area contributed by atoms with Crippen LogP contribution in [0.2, 0.25) is 0 Å². The van der Waals surface area contributed by atoms with Gasteiger partial charge in [-0.25, -0.2) is 0 Å². The van der Waals surface area contributed by atoms with Crippen molar-refractivity contribution in [3.8, 4) is 0 Å². The number of rotatable bonds is 14. The van der Waals surface area contributed by atoms with Gasteiger partial charge < -0.3 is 30.3 Å².